The zero-order chi connectivity index (χ0) is 28.9. The molecule has 2 N–H and O–H groups in total. The van der Waals surface area contributed by atoms with E-state index in [-0.39, 0.29) is 24.0 Å². The molecule has 2 amide bonds. The molecule has 226 valence electrons. The van der Waals surface area contributed by atoms with E-state index < -0.39 is 0 Å². The van der Waals surface area contributed by atoms with E-state index in [1.54, 1.807) is 0 Å². The number of aryl methyl sites for hydroxylation is 1. The normalized spacial score (nSPS) is 22.4. The van der Waals surface area contributed by atoms with E-state index in [4.69, 9.17) is 9.47 Å². The van der Waals surface area contributed by atoms with Gasteiger partial charge in [0.05, 0.1) is 6.54 Å². The van der Waals surface area contributed by atoms with Crippen LogP contribution in [-0.4, -0.2) is 79.6 Å². The monoisotopic (exact) mass is 574 g/mol. The van der Waals surface area contributed by atoms with Gasteiger partial charge in [0, 0.05) is 57.7 Å². The summed E-state index contributed by atoms with van der Waals surface area (Å²) < 4.78 is 12.9. The standard InChI is InChI=1S/C34H46N4O4/c1-24-17-25(23-38-16-13-36-22-33(38)39)19-30(18-24)41-28-10-14-37(15-11-28)34(40)27-7-8-32(42-29-9-12-35-21-29)31(20-27)26-5-3-2-4-6-26/h7-8,17-20,26,28-29,35-36H,2-6,9-16,21-23H2,1H3/t29-/m0/s1. The minimum atomic E-state index is 0.0677. The average molecular weight is 575 g/mol. The fraction of sp³-hybridized carbons (Fsp3) is 0.588. The zero-order valence-corrected chi connectivity index (χ0v) is 25.0. The molecule has 4 fully saturated rings. The van der Waals surface area contributed by atoms with Crippen LogP contribution in [0.25, 0.3) is 0 Å². The van der Waals surface area contributed by atoms with Gasteiger partial charge in [0.1, 0.15) is 23.7 Å². The number of carbonyl (C=O) groups excluding carboxylic acids is 2. The Labute approximate surface area is 250 Å². The Balaban J connectivity index is 1.08. The lowest BCUT2D eigenvalue weighted by Crippen LogP contribution is -2.47. The van der Waals surface area contributed by atoms with Crippen LogP contribution in [-0.2, 0) is 11.3 Å². The van der Waals surface area contributed by atoms with Gasteiger partial charge in [0.2, 0.25) is 5.91 Å². The second-order valence-corrected chi connectivity index (χ2v) is 12.6. The summed E-state index contributed by atoms with van der Waals surface area (Å²) in [7, 11) is 0. The highest BCUT2D eigenvalue weighted by atomic mass is 16.5. The molecular formula is C34H46N4O4. The molecule has 8 nitrogen and oxygen atoms in total. The van der Waals surface area contributed by atoms with Crippen LogP contribution in [0.3, 0.4) is 0 Å². The number of carbonyl (C=O) groups is 2. The van der Waals surface area contributed by atoms with Crippen LogP contribution in [0.15, 0.2) is 36.4 Å². The van der Waals surface area contributed by atoms with Gasteiger partial charge in [0.15, 0.2) is 0 Å². The fourth-order valence-electron chi connectivity index (χ4n) is 7.00. The third kappa shape index (κ3) is 7.09. The first kappa shape index (κ1) is 29.0. The molecular weight excluding hydrogens is 528 g/mol. The van der Waals surface area contributed by atoms with Gasteiger partial charge in [-0.15, -0.1) is 0 Å². The smallest absolute Gasteiger partial charge is 0.253 e. The third-order valence-corrected chi connectivity index (χ3v) is 9.31. The molecule has 1 aliphatic carbocycles. The maximum absolute atomic E-state index is 13.7. The van der Waals surface area contributed by atoms with Crippen molar-refractivity contribution in [3.05, 3.63) is 58.7 Å². The third-order valence-electron chi connectivity index (χ3n) is 9.31. The Kier molecular flexibility index (Phi) is 9.30. The number of amides is 2. The molecule has 42 heavy (non-hydrogen) atoms. The van der Waals surface area contributed by atoms with E-state index in [0.29, 0.717) is 32.1 Å². The number of piperidine rings is 1. The van der Waals surface area contributed by atoms with Gasteiger partial charge >= 0.3 is 0 Å². The second-order valence-electron chi connectivity index (χ2n) is 12.6. The molecule has 8 heteroatoms. The van der Waals surface area contributed by atoms with Crippen molar-refractivity contribution in [2.75, 3.05) is 45.8 Å². The van der Waals surface area contributed by atoms with Gasteiger partial charge in [-0.2, -0.15) is 0 Å². The molecule has 0 unspecified atom stereocenters. The average Bonchev–Trinajstić information content (AvgIpc) is 3.52. The topological polar surface area (TPSA) is 83.1 Å². The van der Waals surface area contributed by atoms with Crippen molar-refractivity contribution in [1.29, 1.82) is 0 Å². The van der Waals surface area contributed by atoms with Gasteiger partial charge in [0.25, 0.3) is 5.91 Å². The molecule has 1 saturated carbocycles. The van der Waals surface area contributed by atoms with Gasteiger partial charge in [-0.3, -0.25) is 9.59 Å². The first-order valence-electron chi connectivity index (χ1n) is 16.1. The number of piperazine rings is 1. The Morgan fingerprint density at radius 2 is 1.71 bits per heavy atom. The first-order chi connectivity index (χ1) is 20.5. The Hall–Kier alpha value is -3.10. The zero-order valence-electron chi connectivity index (χ0n) is 25.0. The summed E-state index contributed by atoms with van der Waals surface area (Å²) in [5.74, 6) is 2.54. The number of nitrogens with zero attached hydrogens (tertiary/aromatic N) is 2. The molecule has 0 aromatic heterocycles. The molecule has 3 aliphatic heterocycles. The predicted molar refractivity (Wildman–Crippen MR) is 163 cm³/mol. The van der Waals surface area contributed by atoms with Crippen molar-refractivity contribution in [2.45, 2.75) is 83.0 Å². The number of hydrogen-bond acceptors (Lipinski definition) is 6. The number of rotatable bonds is 8. The van der Waals surface area contributed by atoms with Crippen LogP contribution in [0.4, 0.5) is 0 Å². The number of hydrogen-bond donors (Lipinski definition) is 2. The minimum absolute atomic E-state index is 0.0677. The predicted octanol–water partition coefficient (Wildman–Crippen LogP) is 4.40. The van der Waals surface area contributed by atoms with Crippen LogP contribution >= 0.6 is 0 Å². The SMILES string of the molecule is Cc1cc(CN2CCNCC2=O)cc(OC2CCN(C(=O)c3ccc(O[C@H]4CCNC4)c(C4CCCCC4)c3)CC2)c1. The Morgan fingerprint density at radius 3 is 2.48 bits per heavy atom. The Bertz CT molecular complexity index is 1250. The summed E-state index contributed by atoms with van der Waals surface area (Å²) in [6, 6.07) is 12.4. The Morgan fingerprint density at radius 1 is 0.881 bits per heavy atom. The van der Waals surface area contributed by atoms with E-state index >= 15 is 0 Å². The quantitative estimate of drug-likeness (QED) is 0.487. The van der Waals surface area contributed by atoms with Crippen molar-refractivity contribution in [2.24, 2.45) is 0 Å². The molecule has 2 aromatic rings. The highest BCUT2D eigenvalue weighted by Crippen LogP contribution is 2.39. The van der Waals surface area contributed by atoms with Crippen LogP contribution in [0.5, 0.6) is 11.5 Å². The van der Waals surface area contributed by atoms with Gasteiger partial charge in [-0.25, -0.2) is 0 Å². The van der Waals surface area contributed by atoms with Crippen molar-refractivity contribution < 1.29 is 19.1 Å². The molecule has 1 atom stereocenters. The largest absolute Gasteiger partial charge is 0.490 e. The van der Waals surface area contributed by atoms with Gasteiger partial charge in [-0.1, -0.05) is 25.3 Å². The van der Waals surface area contributed by atoms with Crippen molar-refractivity contribution >= 4 is 11.8 Å². The summed E-state index contributed by atoms with van der Waals surface area (Å²) in [6.45, 7) is 7.90. The van der Waals surface area contributed by atoms with E-state index in [1.807, 2.05) is 15.9 Å². The molecule has 6 rings (SSSR count). The van der Waals surface area contributed by atoms with E-state index in [1.165, 1.54) is 37.7 Å². The molecule has 0 bridgehead atoms. The van der Waals surface area contributed by atoms with Gasteiger partial charge < -0.3 is 29.9 Å². The number of ether oxygens (including phenoxy) is 2. The van der Waals surface area contributed by atoms with Crippen LogP contribution in [0.2, 0.25) is 0 Å². The van der Waals surface area contributed by atoms with Gasteiger partial charge in [-0.05, 0) is 85.7 Å². The maximum atomic E-state index is 13.7. The molecule has 0 spiro atoms. The van der Waals surface area contributed by atoms with Crippen molar-refractivity contribution in [3.63, 3.8) is 0 Å². The molecule has 3 saturated heterocycles. The highest BCUT2D eigenvalue weighted by molar-refractivity contribution is 5.94. The summed E-state index contributed by atoms with van der Waals surface area (Å²) in [4.78, 5) is 29.8. The summed E-state index contributed by atoms with van der Waals surface area (Å²) in [5.41, 5.74) is 4.22. The number of nitrogens with one attached hydrogen (secondary N) is 2. The lowest BCUT2D eigenvalue weighted by atomic mass is 9.83. The maximum Gasteiger partial charge on any atom is 0.253 e. The molecule has 4 aliphatic rings. The highest BCUT2D eigenvalue weighted by Gasteiger charge is 2.28. The molecule has 3 heterocycles. The lowest BCUT2D eigenvalue weighted by molar-refractivity contribution is -0.132. The van der Waals surface area contributed by atoms with Crippen molar-refractivity contribution in [3.8, 4) is 11.5 Å². The first-order valence-corrected chi connectivity index (χ1v) is 16.1. The van der Waals surface area contributed by atoms with E-state index in [2.05, 4.69) is 47.9 Å². The minimum Gasteiger partial charge on any atom is -0.490 e. The summed E-state index contributed by atoms with van der Waals surface area (Å²) in [6.07, 6.45) is 9.05. The molecule has 0 radical (unpaired) electrons. The van der Waals surface area contributed by atoms with Crippen LogP contribution in [0.1, 0.15) is 84.3 Å². The number of likely N-dealkylation sites (tertiary alicyclic amines) is 1. The summed E-state index contributed by atoms with van der Waals surface area (Å²) >= 11 is 0. The second kappa shape index (κ2) is 13.5. The number of benzene rings is 2. The van der Waals surface area contributed by atoms with Crippen LogP contribution < -0.4 is 20.1 Å². The molecule has 2 aromatic carbocycles. The summed E-state index contributed by atoms with van der Waals surface area (Å²) in [5, 5.41) is 6.52. The fourth-order valence-corrected chi connectivity index (χ4v) is 7.00. The van der Waals surface area contributed by atoms with E-state index in [0.717, 1.165) is 73.6 Å². The van der Waals surface area contributed by atoms with Crippen molar-refractivity contribution in [1.82, 2.24) is 20.4 Å². The van der Waals surface area contributed by atoms with E-state index in [9.17, 15) is 9.59 Å². The van der Waals surface area contributed by atoms with Crippen LogP contribution in [0, 0.1) is 6.92 Å². The lowest BCUT2D eigenvalue weighted by Gasteiger charge is -2.33.